The first-order valence-corrected chi connectivity index (χ1v) is 6.29. The van der Waals surface area contributed by atoms with Crippen LogP contribution in [0.2, 0.25) is 0 Å². The zero-order valence-electron chi connectivity index (χ0n) is 10.8. The van der Waals surface area contributed by atoms with E-state index in [9.17, 15) is 10.2 Å². The number of benzene rings is 2. The average molecular weight is 266 g/mol. The highest BCUT2D eigenvalue weighted by Gasteiger charge is 2.05. The van der Waals surface area contributed by atoms with Crippen LogP contribution in [0.5, 0.6) is 11.5 Å². The molecule has 4 heteroatoms. The molecule has 0 fully saturated rings. The number of aromatic hydroxyl groups is 2. The molecule has 4 nitrogen and oxygen atoms in total. The van der Waals surface area contributed by atoms with E-state index in [4.69, 9.17) is 0 Å². The number of hydrogen-bond acceptors (Lipinski definition) is 3. The summed E-state index contributed by atoms with van der Waals surface area (Å²) in [5.74, 6) is 0.297. The summed E-state index contributed by atoms with van der Waals surface area (Å²) < 4.78 is 1.99. The molecule has 0 bridgehead atoms. The Bertz CT molecular complexity index is 704. The van der Waals surface area contributed by atoms with E-state index in [1.165, 1.54) is 12.1 Å². The van der Waals surface area contributed by atoms with Crippen molar-refractivity contribution in [2.24, 2.45) is 0 Å². The molecule has 0 aliphatic carbocycles. The molecule has 2 N–H and O–H groups in total. The first-order valence-electron chi connectivity index (χ1n) is 6.29. The summed E-state index contributed by atoms with van der Waals surface area (Å²) in [7, 11) is 0. The van der Waals surface area contributed by atoms with Crippen LogP contribution in [0, 0.1) is 0 Å². The van der Waals surface area contributed by atoms with Gasteiger partial charge in [-0.1, -0.05) is 24.3 Å². The normalized spacial score (nSPS) is 10.6. The van der Waals surface area contributed by atoms with Gasteiger partial charge in [0.2, 0.25) is 0 Å². The van der Waals surface area contributed by atoms with Crippen LogP contribution in [0.1, 0.15) is 5.56 Å². The van der Waals surface area contributed by atoms with Gasteiger partial charge in [0.15, 0.2) is 0 Å². The van der Waals surface area contributed by atoms with Gasteiger partial charge in [0.05, 0.1) is 6.33 Å². The Morgan fingerprint density at radius 1 is 1.00 bits per heavy atom. The Balaban J connectivity index is 1.87. The second-order valence-electron chi connectivity index (χ2n) is 4.63. The van der Waals surface area contributed by atoms with E-state index in [1.807, 2.05) is 35.0 Å². The molecular weight excluding hydrogens is 252 g/mol. The molecule has 3 aromatic rings. The third-order valence-electron chi connectivity index (χ3n) is 3.17. The van der Waals surface area contributed by atoms with Crippen LogP contribution in [0.25, 0.3) is 11.1 Å². The van der Waals surface area contributed by atoms with Crippen molar-refractivity contribution in [1.82, 2.24) is 9.55 Å². The Morgan fingerprint density at radius 2 is 1.80 bits per heavy atom. The fraction of sp³-hybridized carbons (Fsp3) is 0.0625. The van der Waals surface area contributed by atoms with Gasteiger partial charge in [-0.2, -0.15) is 0 Å². The Morgan fingerprint density at radius 3 is 2.50 bits per heavy atom. The quantitative estimate of drug-likeness (QED) is 0.716. The molecule has 0 amide bonds. The van der Waals surface area contributed by atoms with Crippen LogP contribution < -0.4 is 0 Å². The first-order chi connectivity index (χ1) is 9.72. The number of imidazole rings is 1. The second-order valence-corrected chi connectivity index (χ2v) is 4.63. The summed E-state index contributed by atoms with van der Waals surface area (Å²) in [5, 5.41) is 19.3. The maximum Gasteiger partial charge on any atom is 0.123 e. The largest absolute Gasteiger partial charge is 0.508 e. The highest BCUT2D eigenvalue weighted by molar-refractivity contribution is 5.71. The minimum absolute atomic E-state index is 0.139. The Hall–Kier alpha value is -2.75. The first kappa shape index (κ1) is 12.3. The molecule has 0 saturated heterocycles. The predicted molar refractivity (Wildman–Crippen MR) is 76.5 cm³/mol. The van der Waals surface area contributed by atoms with Crippen LogP contribution in [-0.4, -0.2) is 19.8 Å². The summed E-state index contributed by atoms with van der Waals surface area (Å²) in [6, 6.07) is 12.4. The van der Waals surface area contributed by atoms with Gasteiger partial charge < -0.3 is 14.8 Å². The molecular formula is C16H14N2O2. The molecule has 0 spiro atoms. The maximum absolute atomic E-state index is 9.84. The highest BCUT2D eigenvalue weighted by Crippen LogP contribution is 2.32. The maximum atomic E-state index is 9.84. The molecule has 3 rings (SSSR count). The summed E-state index contributed by atoms with van der Waals surface area (Å²) in [5.41, 5.74) is 2.64. The predicted octanol–water partition coefficient (Wildman–Crippen LogP) is 3.01. The summed E-state index contributed by atoms with van der Waals surface area (Å²) in [6.45, 7) is 0.756. The molecule has 0 atom stereocenters. The van der Waals surface area contributed by atoms with Crippen LogP contribution in [0.3, 0.4) is 0 Å². The summed E-state index contributed by atoms with van der Waals surface area (Å²) in [6.07, 6.45) is 5.43. The van der Waals surface area contributed by atoms with Crippen molar-refractivity contribution in [2.45, 2.75) is 6.54 Å². The molecule has 0 saturated carbocycles. The molecule has 1 heterocycles. The van der Waals surface area contributed by atoms with E-state index in [0.717, 1.165) is 17.7 Å². The Kier molecular flexibility index (Phi) is 3.13. The number of nitrogens with zero attached hydrogens (tertiary/aromatic N) is 2. The lowest BCUT2D eigenvalue weighted by Gasteiger charge is -2.07. The molecule has 0 radical (unpaired) electrons. The van der Waals surface area contributed by atoms with E-state index < -0.39 is 0 Å². The fourth-order valence-corrected chi connectivity index (χ4v) is 2.14. The third-order valence-corrected chi connectivity index (χ3v) is 3.17. The van der Waals surface area contributed by atoms with Gasteiger partial charge in [0.1, 0.15) is 11.5 Å². The van der Waals surface area contributed by atoms with Crippen molar-refractivity contribution in [3.8, 4) is 22.6 Å². The lowest BCUT2D eigenvalue weighted by Crippen LogP contribution is -1.95. The number of rotatable bonds is 3. The van der Waals surface area contributed by atoms with Crippen molar-refractivity contribution < 1.29 is 10.2 Å². The van der Waals surface area contributed by atoms with Gasteiger partial charge in [-0.3, -0.25) is 0 Å². The molecule has 0 unspecified atom stereocenters. The standard InChI is InChI=1S/C16H14N2O2/c19-14-5-6-16(20)15(9-14)13-3-1-12(2-4-13)10-18-8-7-17-11-18/h1-9,11,19-20H,10H2. The molecule has 1 aromatic heterocycles. The van der Waals surface area contributed by atoms with E-state index >= 15 is 0 Å². The van der Waals surface area contributed by atoms with Gasteiger partial charge in [-0.05, 0) is 29.3 Å². The fourth-order valence-electron chi connectivity index (χ4n) is 2.14. The van der Waals surface area contributed by atoms with E-state index in [2.05, 4.69) is 4.98 Å². The SMILES string of the molecule is Oc1ccc(O)c(-c2ccc(Cn3ccnc3)cc2)c1. The third kappa shape index (κ3) is 2.49. The van der Waals surface area contributed by atoms with Gasteiger partial charge in [0, 0.05) is 24.5 Å². The van der Waals surface area contributed by atoms with Crippen LogP contribution in [0.15, 0.2) is 61.2 Å². The van der Waals surface area contributed by atoms with Crippen molar-refractivity contribution in [3.63, 3.8) is 0 Å². The van der Waals surface area contributed by atoms with E-state index in [-0.39, 0.29) is 11.5 Å². The lowest BCUT2D eigenvalue weighted by atomic mass is 10.0. The van der Waals surface area contributed by atoms with E-state index in [0.29, 0.717) is 5.56 Å². The van der Waals surface area contributed by atoms with Crippen LogP contribution in [-0.2, 0) is 6.54 Å². The minimum atomic E-state index is 0.139. The van der Waals surface area contributed by atoms with Gasteiger partial charge >= 0.3 is 0 Å². The highest BCUT2D eigenvalue weighted by atomic mass is 16.3. The minimum Gasteiger partial charge on any atom is -0.508 e. The van der Waals surface area contributed by atoms with Crippen LogP contribution >= 0.6 is 0 Å². The van der Waals surface area contributed by atoms with E-state index in [1.54, 1.807) is 18.6 Å². The van der Waals surface area contributed by atoms with Gasteiger partial charge in [-0.15, -0.1) is 0 Å². The molecule has 2 aromatic carbocycles. The number of hydrogen-bond donors (Lipinski definition) is 2. The zero-order chi connectivity index (χ0) is 13.9. The van der Waals surface area contributed by atoms with Crippen LogP contribution in [0.4, 0.5) is 0 Å². The lowest BCUT2D eigenvalue weighted by molar-refractivity contribution is 0.462. The molecule has 0 aliphatic heterocycles. The Labute approximate surface area is 116 Å². The van der Waals surface area contributed by atoms with Gasteiger partial charge in [0.25, 0.3) is 0 Å². The van der Waals surface area contributed by atoms with Crippen molar-refractivity contribution in [2.75, 3.05) is 0 Å². The summed E-state index contributed by atoms with van der Waals surface area (Å²) in [4.78, 5) is 4.01. The monoisotopic (exact) mass is 266 g/mol. The topological polar surface area (TPSA) is 58.3 Å². The smallest absolute Gasteiger partial charge is 0.123 e. The second kappa shape index (κ2) is 5.09. The van der Waals surface area contributed by atoms with Gasteiger partial charge in [-0.25, -0.2) is 4.98 Å². The van der Waals surface area contributed by atoms with Crippen molar-refractivity contribution in [3.05, 3.63) is 66.7 Å². The van der Waals surface area contributed by atoms with Crippen molar-refractivity contribution in [1.29, 1.82) is 0 Å². The van der Waals surface area contributed by atoms with Crippen molar-refractivity contribution >= 4 is 0 Å². The number of phenols is 2. The zero-order valence-corrected chi connectivity index (χ0v) is 10.8. The molecule has 100 valence electrons. The number of aromatic nitrogens is 2. The average Bonchev–Trinajstić information content (AvgIpc) is 2.95. The summed E-state index contributed by atoms with van der Waals surface area (Å²) >= 11 is 0. The molecule has 0 aliphatic rings. The number of phenolic OH excluding ortho intramolecular Hbond substituents is 2. The molecule has 20 heavy (non-hydrogen) atoms.